The number of esters is 1. The van der Waals surface area contributed by atoms with Crippen LogP contribution in [0.5, 0.6) is 0 Å². The first kappa shape index (κ1) is 22.0. The van der Waals surface area contributed by atoms with Crippen LogP contribution in [0.4, 0.5) is 0 Å². The Labute approximate surface area is 176 Å². The van der Waals surface area contributed by atoms with E-state index in [1.807, 2.05) is 4.90 Å². The third-order valence-corrected chi connectivity index (χ3v) is 7.68. The maximum Gasteiger partial charge on any atom is 0.342 e. The van der Waals surface area contributed by atoms with E-state index in [9.17, 15) is 13.2 Å². The maximum atomic E-state index is 13.2. The number of rotatable bonds is 5. The molecule has 0 spiro atoms. The molecule has 1 aromatic heterocycles. The van der Waals surface area contributed by atoms with Crippen molar-refractivity contribution in [2.24, 2.45) is 0 Å². The molecular formula is C18H27N3O6S2. The monoisotopic (exact) mass is 445 g/mol. The Morgan fingerprint density at radius 3 is 2.52 bits per heavy atom. The van der Waals surface area contributed by atoms with Gasteiger partial charge in [-0.25, -0.2) is 13.2 Å². The topological polar surface area (TPSA) is 101 Å². The van der Waals surface area contributed by atoms with Crippen LogP contribution >= 0.6 is 12.2 Å². The lowest BCUT2D eigenvalue weighted by molar-refractivity contribution is 0.0594. The summed E-state index contributed by atoms with van der Waals surface area (Å²) in [5.41, 5.74) is -0.0406. The van der Waals surface area contributed by atoms with Crippen LogP contribution in [-0.4, -0.2) is 81.2 Å². The molecule has 162 valence electrons. The molecule has 0 bridgehead atoms. The minimum Gasteiger partial charge on any atom is -0.465 e. The van der Waals surface area contributed by atoms with Gasteiger partial charge in [0.05, 0.1) is 13.2 Å². The van der Waals surface area contributed by atoms with Crippen molar-refractivity contribution in [2.45, 2.75) is 37.7 Å². The summed E-state index contributed by atoms with van der Waals surface area (Å²) in [6.07, 6.45) is 2.27. The number of furan rings is 1. The van der Waals surface area contributed by atoms with Gasteiger partial charge in [-0.05, 0) is 38.9 Å². The van der Waals surface area contributed by atoms with Crippen molar-refractivity contribution >= 4 is 33.3 Å². The number of nitrogens with one attached hydrogen (secondary N) is 1. The van der Waals surface area contributed by atoms with E-state index in [2.05, 4.69) is 5.32 Å². The summed E-state index contributed by atoms with van der Waals surface area (Å²) in [5.74, 6) is -0.318. The van der Waals surface area contributed by atoms with Crippen molar-refractivity contribution in [1.82, 2.24) is 14.5 Å². The molecule has 3 rings (SSSR count). The zero-order valence-electron chi connectivity index (χ0n) is 16.9. The number of carbonyl (C=O) groups is 1. The molecule has 2 aliphatic rings. The molecule has 2 saturated heterocycles. The molecule has 3 heterocycles. The summed E-state index contributed by atoms with van der Waals surface area (Å²) in [7, 11) is -2.69. The molecule has 1 N–H and O–H groups in total. The SMILES string of the molecule is COC(=O)c1c(C)oc(C)c1S(=O)(=O)N1CCN(C(=S)NCC2CCCO2)CC1. The lowest BCUT2D eigenvalue weighted by atomic mass is 10.2. The van der Waals surface area contributed by atoms with Gasteiger partial charge in [-0.15, -0.1) is 0 Å². The van der Waals surface area contributed by atoms with E-state index in [0.717, 1.165) is 19.4 Å². The summed E-state index contributed by atoms with van der Waals surface area (Å²) < 4.78 is 43.5. The number of aryl methyl sites for hydroxylation is 2. The van der Waals surface area contributed by atoms with Crippen LogP contribution in [0.25, 0.3) is 0 Å². The standard InChI is InChI=1S/C18H27N3O6S2/c1-12-15(17(22)25-3)16(13(2)27-12)29(23,24)21-8-6-20(7-9-21)18(28)19-11-14-5-4-10-26-14/h14H,4-11H2,1-3H3,(H,19,28). The third kappa shape index (κ3) is 4.57. The van der Waals surface area contributed by atoms with E-state index in [-0.39, 0.29) is 41.2 Å². The third-order valence-electron chi connectivity index (χ3n) is 5.22. The van der Waals surface area contributed by atoms with Crippen molar-refractivity contribution in [3.05, 3.63) is 17.1 Å². The molecule has 1 aromatic rings. The molecule has 0 aliphatic carbocycles. The summed E-state index contributed by atoms with van der Waals surface area (Å²) in [6, 6.07) is 0. The predicted molar refractivity (Wildman–Crippen MR) is 109 cm³/mol. The van der Waals surface area contributed by atoms with Gasteiger partial charge in [-0.3, -0.25) is 0 Å². The number of ether oxygens (including phenoxy) is 2. The fourth-order valence-corrected chi connectivity index (χ4v) is 5.75. The molecule has 0 radical (unpaired) electrons. The fraction of sp³-hybridized carbons (Fsp3) is 0.667. The van der Waals surface area contributed by atoms with E-state index in [1.54, 1.807) is 6.92 Å². The van der Waals surface area contributed by atoms with E-state index in [4.69, 9.17) is 26.1 Å². The van der Waals surface area contributed by atoms with E-state index in [1.165, 1.54) is 18.3 Å². The number of methoxy groups -OCH3 is 1. The molecule has 0 amide bonds. The molecule has 2 aliphatic heterocycles. The fourth-order valence-electron chi connectivity index (χ4n) is 3.69. The number of sulfonamides is 1. The number of carbonyl (C=O) groups excluding carboxylic acids is 1. The quantitative estimate of drug-likeness (QED) is 0.526. The molecule has 9 nitrogen and oxygen atoms in total. The van der Waals surface area contributed by atoms with Crippen LogP contribution in [0.3, 0.4) is 0 Å². The minimum atomic E-state index is -3.90. The Bertz CT molecular complexity index is 868. The first-order valence-electron chi connectivity index (χ1n) is 9.58. The molecule has 0 aromatic carbocycles. The zero-order valence-corrected chi connectivity index (χ0v) is 18.5. The van der Waals surface area contributed by atoms with Crippen molar-refractivity contribution in [1.29, 1.82) is 0 Å². The smallest absolute Gasteiger partial charge is 0.342 e. The van der Waals surface area contributed by atoms with Gasteiger partial charge < -0.3 is 24.1 Å². The summed E-state index contributed by atoms with van der Waals surface area (Å²) >= 11 is 5.44. The molecule has 29 heavy (non-hydrogen) atoms. The number of piperazine rings is 1. The zero-order chi connectivity index (χ0) is 21.2. The van der Waals surface area contributed by atoms with E-state index in [0.29, 0.717) is 24.7 Å². The van der Waals surface area contributed by atoms with Gasteiger partial charge >= 0.3 is 5.97 Å². The Morgan fingerprint density at radius 1 is 1.24 bits per heavy atom. The Hall–Kier alpha value is -1.69. The first-order chi connectivity index (χ1) is 13.8. The summed E-state index contributed by atoms with van der Waals surface area (Å²) in [6.45, 7) is 5.97. The van der Waals surface area contributed by atoms with Crippen molar-refractivity contribution in [2.75, 3.05) is 46.4 Å². The predicted octanol–water partition coefficient (Wildman–Crippen LogP) is 1.04. The van der Waals surface area contributed by atoms with E-state index >= 15 is 0 Å². The maximum absolute atomic E-state index is 13.2. The van der Waals surface area contributed by atoms with Gasteiger partial charge in [0.25, 0.3) is 0 Å². The number of thiocarbonyl (C=S) groups is 1. The first-order valence-corrected chi connectivity index (χ1v) is 11.4. The van der Waals surface area contributed by atoms with Gasteiger partial charge in [0.2, 0.25) is 10.0 Å². The highest BCUT2D eigenvalue weighted by Gasteiger charge is 2.37. The lowest BCUT2D eigenvalue weighted by Crippen LogP contribution is -2.53. The Kier molecular flexibility index (Phi) is 6.82. The summed E-state index contributed by atoms with van der Waals surface area (Å²) in [4.78, 5) is 13.9. The second-order valence-corrected chi connectivity index (χ2v) is 9.38. The highest BCUT2D eigenvalue weighted by atomic mass is 32.2. The highest BCUT2D eigenvalue weighted by Crippen LogP contribution is 2.30. The largest absolute Gasteiger partial charge is 0.465 e. The van der Waals surface area contributed by atoms with Crippen LogP contribution in [0.15, 0.2) is 9.31 Å². The van der Waals surface area contributed by atoms with Gasteiger partial charge in [-0.1, -0.05) is 0 Å². The molecule has 0 saturated carbocycles. The molecular weight excluding hydrogens is 418 g/mol. The number of nitrogens with zero attached hydrogens (tertiary/aromatic N) is 2. The summed E-state index contributed by atoms with van der Waals surface area (Å²) in [5, 5.41) is 3.81. The van der Waals surface area contributed by atoms with Crippen LogP contribution in [-0.2, 0) is 19.5 Å². The average molecular weight is 446 g/mol. The number of hydrogen-bond donors (Lipinski definition) is 1. The van der Waals surface area contributed by atoms with Crippen molar-refractivity contribution in [3.63, 3.8) is 0 Å². The minimum absolute atomic E-state index is 0.0406. The molecule has 11 heteroatoms. The Balaban J connectivity index is 1.66. The highest BCUT2D eigenvalue weighted by molar-refractivity contribution is 7.89. The van der Waals surface area contributed by atoms with Crippen molar-refractivity contribution in [3.8, 4) is 0 Å². The Morgan fingerprint density at radius 2 is 1.93 bits per heavy atom. The average Bonchev–Trinajstić information content (AvgIpc) is 3.32. The van der Waals surface area contributed by atoms with Gasteiger partial charge in [0, 0.05) is 39.3 Å². The van der Waals surface area contributed by atoms with Crippen LogP contribution in [0.2, 0.25) is 0 Å². The normalized spacial score (nSPS) is 20.7. The van der Waals surface area contributed by atoms with Gasteiger partial charge in [0.15, 0.2) is 5.11 Å². The van der Waals surface area contributed by atoms with Crippen LogP contribution < -0.4 is 5.32 Å². The van der Waals surface area contributed by atoms with Crippen LogP contribution in [0, 0.1) is 13.8 Å². The van der Waals surface area contributed by atoms with Gasteiger partial charge in [-0.2, -0.15) is 4.31 Å². The van der Waals surface area contributed by atoms with E-state index < -0.39 is 16.0 Å². The second kappa shape index (κ2) is 8.99. The lowest BCUT2D eigenvalue weighted by Gasteiger charge is -2.35. The second-order valence-electron chi connectivity index (χ2n) is 7.12. The van der Waals surface area contributed by atoms with Crippen LogP contribution in [0.1, 0.15) is 34.7 Å². The van der Waals surface area contributed by atoms with Crippen molar-refractivity contribution < 1.29 is 27.1 Å². The molecule has 1 unspecified atom stereocenters. The number of hydrogen-bond acceptors (Lipinski definition) is 7. The molecule has 2 fully saturated rings. The molecule has 1 atom stereocenters. The van der Waals surface area contributed by atoms with Gasteiger partial charge in [0.1, 0.15) is 22.0 Å².